The molecule has 0 aromatic heterocycles. The molecule has 0 N–H and O–H groups in total. The number of hydrogen-bond donors (Lipinski definition) is 0. The van der Waals surface area contributed by atoms with Gasteiger partial charge in [0.2, 0.25) is 0 Å². The zero-order chi connectivity index (χ0) is 9.03. The molecule has 0 radical (unpaired) electrons. The SMILES string of the molecule is C=CCC[Si]1(C)CCCC(C)O1. The van der Waals surface area contributed by atoms with Crippen LogP contribution in [0, 0.1) is 0 Å². The highest BCUT2D eigenvalue weighted by Crippen LogP contribution is 2.29. The molecular weight excluding hydrogens is 164 g/mol. The highest BCUT2D eigenvalue weighted by Gasteiger charge is 2.33. The minimum atomic E-state index is -1.29. The summed E-state index contributed by atoms with van der Waals surface area (Å²) in [6, 6.07) is 2.62. The van der Waals surface area contributed by atoms with Crippen LogP contribution in [0.25, 0.3) is 0 Å². The second kappa shape index (κ2) is 4.24. The largest absolute Gasteiger partial charge is 0.414 e. The molecule has 0 aromatic carbocycles. The lowest BCUT2D eigenvalue weighted by Crippen LogP contribution is -2.41. The van der Waals surface area contributed by atoms with Crippen molar-refractivity contribution in [2.45, 2.75) is 50.9 Å². The molecule has 2 heteroatoms. The number of hydrogen-bond acceptors (Lipinski definition) is 1. The molecule has 2 unspecified atom stereocenters. The van der Waals surface area contributed by atoms with E-state index in [2.05, 4.69) is 20.0 Å². The van der Waals surface area contributed by atoms with E-state index in [1.807, 2.05) is 6.08 Å². The summed E-state index contributed by atoms with van der Waals surface area (Å²) in [5, 5.41) is 0. The van der Waals surface area contributed by atoms with E-state index in [4.69, 9.17) is 4.43 Å². The summed E-state index contributed by atoms with van der Waals surface area (Å²) in [4.78, 5) is 0. The molecule has 1 aliphatic heterocycles. The first-order valence-corrected chi connectivity index (χ1v) is 7.77. The fraction of sp³-hybridized carbons (Fsp3) is 0.800. The standard InChI is InChI=1S/C10H20OSi/c1-4-5-8-12(3)9-6-7-10(2)11-12/h4,10H,1,5-9H2,2-3H3. The summed E-state index contributed by atoms with van der Waals surface area (Å²) in [5.41, 5.74) is 0. The Morgan fingerprint density at radius 1 is 1.67 bits per heavy atom. The van der Waals surface area contributed by atoms with E-state index in [9.17, 15) is 0 Å². The van der Waals surface area contributed by atoms with Crippen LogP contribution in [0.4, 0.5) is 0 Å². The Morgan fingerprint density at radius 3 is 3.00 bits per heavy atom. The molecule has 1 heterocycles. The quantitative estimate of drug-likeness (QED) is 0.483. The van der Waals surface area contributed by atoms with Crippen LogP contribution in [0.2, 0.25) is 18.6 Å². The maximum Gasteiger partial charge on any atom is 0.190 e. The van der Waals surface area contributed by atoms with Crippen LogP contribution in [0.5, 0.6) is 0 Å². The Hall–Kier alpha value is -0.0831. The monoisotopic (exact) mass is 184 g/mol. The Balaban J connectivity index is 2.39. The van der Waals surface area contributed by atoms with Crippen molar-refractivity contribution in [1.29, 1.82) is 0 Å². The van der Waals surface area contributed by atoms with Gasteiger partial charge < -0.3 is 4.43 Å². The van der Waals surface area contributed by atoms with Crippen molar-refractivity contribution in [2.75, 3.05) is 0 Å². The maximum atomic E-state index is 6.07. The van der Waals surface area contributed by atoms with Gasteiger partial charge in [0, 0.05) is 6.10 Å². The molecule has 70 valence electrons. The lowest BCUT2D eigenvalue weighted by Gasteiger charge is -2.35. The van der Waals surface area contributed by atoms with Gasteiger partial charge in [-0.05, 0) is 38.4 Å². The molecule has 0 spiro atoms. The normalized spacial score (nSPS) is 36.3. The molecule has 0 bridgehead atoms. The molecule has 1 aliphatic rings. The molecule has 1 saturated heterocycles. The Labute approximate surface area is 76.9 Å². The van der Waals surface area contributed by atoms with Crippen LogP contribution >= 0.6 is 0 Å². The molecule has 0 aromatic rings. The van der Waals surface area contributed by atoms with Crippen molar-refractivity contribution in [3.05, 3.63) is 12.7 Å². The van der Waals surface area contributed by atoms with Gasteiger partial charge in [0.05, 0.1) is 0 Å². The Morgan fingerprint density at radius 2 is 2.42 bits per heavy atom. The van der Waals surface area contributed by atoms with Gasteiger partial charge in [-0.15, -0.1) is 6.58 Å². The lowest BCUT2D eigenvalue weighted by molar-refractivity contribution is 0.176. The van der Waals surface area contributed by atoms with Crippen LogP contribution < -0.4 is 0 Å². The van der Waals surface area contributed by atoms with Gasteiger partial charge in [0.25, 0.3) is 0 Å². The summed E-state index contributed by atoms with van der Waals surface area (Å²) in [6.45, 7) is 8.34. The predicted molar refractivity (Wildman–Crippen MR) is 55.8 cm³/mol. The summed E-state index contributed by atoms with van der Waals surface area (Å²) >= 11 is 0. The summed E-state index contributed by atoms with van der Waals surface area (Å²) < 4.78 is 6.07. The van der Waals surface area contributed by atoms with E-state index in [1.165, 1.54) is 24.9 Å². The fourth-order valence-electron chi connectivity index (χ4n) is 1.96. The molecule has 2 atom stereocenters. The van der Waals surface area contributed by atoms with E-state index < -0.39 is 8.32 Å². The van der Waals surface area contributed by atoms with Gasteiger partial charge in [-0.25, -0.2) is 0 Å². The first-order valence-electron chi connectivity index (χ1n) is 4.95. The number of rotatable bonds is 3. The first-order chi connectivity index (χ1) is 5.66. The van der Waals surface area contributed by atoms with Gasteiger partial charge in [0.1, 0.15) is 0 Å². The Bertz CT molecular complexity index is 158. The highest BCUT2D eigenvalue weighted by atomic mass is 28.4. The van der Waals surface area contributed by atoms with Crippen molar-refractivity contribution in [1.82, 2.24) is 0 Å². The Kier molecular flexibility index (Phi) is 3.53. The maximum absolute atomic E-state index is 6.07. The fourth-order valence-corrected chi connectivity index (χ4v) is 5.30. The summed E-state index contributed by atoms with van der Waals surface area (Å²) in [6.07, 6.45) is 6.30. The van der Waals surface area contributed by atoms with Gasteiger partial charge >= 0.3 is 0 Å². The lowest BCUT2D eigenvalue weighted by atomic mass is 10.2. The van der Waals surface area contributed by atoms with Crippen molar-refractivity contribution in [3.63, 3.8) is 0 Å². The van der Waals surface area contributed by atoms with E-state index in [-0.39, 0.29) is 0 Å². The molecule has 0 saturated carbocycles. The highest BCUT2D eigenvalue weighted by molar-refractivity contribution is 6.72. The van der Waals surface area contributed by atoms with Crippen molar-refractivity contribution < 1.29 is 4.43 Å². The van der Waals surface area contributed by atoms with Crippen molar-refractivity contribution in [3.8, 4) is 0 Å². The van der Waals surface area contributed by atoms with E-state index in [0.29, 0.717) is 6.10 Å². The van der Waals surface area contributed by atoms with Crippen molar-refractivity contribution >= 4 is 8.32 Å². The van der Waals surface area contributed by atoms with Gasteiger partial charge in [-0.1, -0.05) is 12.5 Å². The molecule has 1 rings (SSSR count). The van der Waals surface area contributed by atoms with E-state index in [0.717, 1.165) is 6.42 Å². The van der Waals surface area contributed by atoms with Crippen LogP contribution in [-0.4, -0.2) is 14.4 Å². The average Bonchev–Trinajstić information content (AvgIpc) is 2.01. The zero-order valence-electron chi connectivity index (χ0n) is 8.31. The molecule has 1 nitrogen and oxygen atoms in total. The summed E-state index contributed by atoms with van der Waals surface area (Å²) in [5.74, 6) is 0. The molecule has 0 amide bonds. The molecule has 0 aliphatic carbocycles. The summed E-state index contributed by atoms with van der Waals surface area (Å²) in [7, 11) is -1.29. The van der Waals surface area contributed by atoms with Crippen LogP contribution in [0.15, 0.2) is 12.7 Å². The van der Waals surface area contributed by atoms with Crippen LogP contribution in [0.1, 0.15) is 26.2 Å². The molecule has 1 fully saturated rings. The number of allylic oxidation sites excluding steroid dienone is 1. The van der Waals surface area contributed by atoms with Crippen LogP contribution in [-0.2, 0) is 4.43 Å². The third-order valence-electron chi connectivity index (χ3n) is 2.68. The first kappa shape index (κ1) is 10.0. The third kappa shape index (κ3) is 2.76. The van der Waals surface area contributed by atoms with E-state index in [1.54, 1.807) is 0 Å². The van der Waals surface area contributed by atoms with Gasteiger partial charge in [-0.3, -0.25) is 0 Å². The third-order valence-corrected chi connectivity index (χ3v) is 6.41. The second-order valence-electron chi connectivity index (χ2n) is 4.10. The zero-order valence-corrected chi connectivity index (χ0v) is 9.31. The second-order valence-corrected chi connectivity index (χ2v) is 8.23. The molecule has 12 heavy (non-hydrogen) atoms. The minimum Gasteiger partial charge on any atom is -0.414 e. The molecular formula is C10H20OSi. The van der Waals surface area contributed by atoms with Crippen LogP contribution in [0.3, 0.4) is 0 Å². The predicted octanol–water partition coefficient (Wildman–Crippen LogP) is 3.34. The average molecular weight is 184 g/mol. The van der Waals surface area contributed by atoms with Crippen molar-refractivity contribution in [2.24, 2.45) is 0 Å². The van der Waals surface area contributed by atoms with E-state index >= 15 is 0 Å². The van der Waals surface area contributed by atoms with Gasteiger partial charge in [0.15, 0.2) is 8.32 Å². The van der Waals surface area contributed by atoms with Gasteiger partial charge in [-0.2, -0.15) is 0 Å². The topological polar surface area (TPSA) is 9.23 Å². The smallest absolute Gasteiger partial charge is 0.190 e. The minimum absolute atomic E-state index is 0.514.